The average molecular weight is 339 g/mol. The van der Waals surface area contributed by atoms with Crippen LogP contribution in [0.1, 0.15) is 34.9 Å². The fraction of sp³-hybridized carbons (Fsp3) is 0.526. The van der Waals surface area contributed by atoms with Gasteiger partial charge in [0.05, 0.1) is 11.0 Å². The number of aryl methyl sites for hydroxylation is 1. The van der Waals surface area contributed by atoms with E-state index < -0.39 is 11.0 Å². The fourth-order valence-electron chi connectivity index (χ4n) is 6.13. The number of benzene rings is 1. The number of likely N-dealkylation sites (tertiary alicyclic amines) is 1. The van der Waals surface area contributed by atoms with Gasteiger partial charge in [-0.25, -0.2) is 0 Å². The summed E-state index contributed by atoms with van der Waals surface area (Å²) in [5.74, 6) is 0.724. The molecule has 6 heteroatoms. The van der Waals surface area contributed by atoms with Crippen LogP contribution in [-0.4, -0.2) is 50.1 Å². The third kappa shape index (κ3) is 1.33. The van der Waals surface area contributed by atoms with Crippen molar-refractivity contribution >= 4 is 0 Å². The molecule has 0 amide bonds. The standard InChI is InChI=1S/C19H21N3O3/c1-21-6-5-18-14-10-3-4-12(23)16(14)25-17(18)15-11(9-22(2)20-15)8-19(18,24)13(21)7-10/h3-4,9,13,17,23-24H,5-8H2,1-2H3. The zero-order valence-electron chi connectivity index (χ0n) is 14.4. The van der Waals surface area contributed by atoms with E-state index in [1.807, 2.05) is 24.0 Å². The van der Waals surface area contributed by atoms with Crippen molar-refractivity contribution in [3.8, 4) is 11.5 Å². The van der Waals surface area contributed by atoms with Gasteiger partial charge in [0.2, 0.25) is 0 Å². The number of aromatic hydroxyl groups is 1. The van der Waals surface area contributed by atoms with E-state index in [0.717, 1.165) is 36.2 Å². The Morgan fingerprint density at radius 1 is 1.28 bits per heavy atom. The van der Waals surface area contributed by atoms with Gasteiger partial charge in [-0.05, 0) is 38.1 Å². The van der Waals surface area contributed by atoms with Crippen LogP contribution >= 0.6 is 0 Å². The summed E-state index contributed by atoms with van der Waals surface area (Å²) in [5, 5.41) is 27.2. The first-order chi connectivity index (χ1) is 12.0. The number of likely N-dealkylation sites (N-methyl/N-ethyl adjacent to an activating group) is 1. The Bertz CT molecular complexity index is 938. The lowest BCUT2D eigenvalue weighted by molar-refractivity contribution is -0.167. The largest absolute Gasteiger partial charge is 0.504 e. The number of rotatable bonds is 0. The van der Waals surface area contributed by atoms with Gasteiger partial charge in [0.15, 0.2) is 17.6 Å². The summed E-state index contributed by atoms with van der Waals surface area (Å²) < 4.78 is 8.15. The first-order valence-electron chi connectivity index (χ1n) is 8.93. The highest BCUT2D eigenvalue weighted by atomic mass is 16.5. The zero-order valence-corrected chi connectivity index (χ0v) is 14.4. The maximum absolute atomic E-state index is 12.1. The highest BCUT2D eigenvalue weighted by Gasteiger charge is 2.72. The van der Waals surface area contributed by atoms with Gasteiger partial charge in [0.1, 0.15) is 5.69 Å². The number of fused-ring (bicyclic) bond motifs is 2. The molecule has 2 N–H and O–H groups in total. The lowest BCUT2D eigenvalue weighted by atomic mass is 9.49. The number of phenolic OH excluding ortho intramolecular Hbond substituents is 1. The molecule has 1 aromatic carbocycles. The number of hydrogen-bond acceptors (Lipinski definition) is 5. The predicted octanol–water partition coefficient (Wildman–Crippen LogP) is 1.04. The molecule has 1 spiro atoms. The second kappa shape index (κ2) is 4.02. The van der Waals surface area contributed by atoms with Gasteiger partial charge in [0, 0.05) is 36.8 Å². The van der Waals surface area contributed by atoms with Crippen molar-refractivity contribution in [3.63, 3.8) is 0 Å². The van der Waals surface area contributed by atoms with Gasteiger partial charge in [0.25, 0.3) is 0 Å². The molecule has 4 unspecified atom stereocenters. The number of nitrogens with zero attached hydrogens (tertiary/aromatic N) is 3. The van der Waals surface area contributed by atoms with E-state index in [2.05, 4.69) is 17.0 Å². The van der Waals surface area contributed by atoms with Crippen LogP contribution in [0.15, 0.2) is 18.3 Å². The van der Waals surface area contributed by atoms with E-state index in [1.54, 1.807) is 6.07 Å². The Balaban J connectivity index is 1.74. The number of piperidine rings is 1. The van der Waals surface area contributed by atoms with Crippen molar-refractivity contribution in [2.75, 3.05) is 13.6 Å². The lowest BCUT2D eigenvalue weighted by Crippen LogP contribution is -2.73. The molecule has 130 valence electrons. The third-order valence-electron chi connectivity index (χ3n) is 7.13. The highest BCUT2D eigenvalue weighted by Crippen LogP contribution is 2.68. The number of aromatic nitrogens is 2. The van der Waals surface area contributed by atoms with Crippen molar-refractivity contribution in [2.45, 2.75) is 42.4 Å². The molecule has 4 aliphatic rings. The van der Waals surface area contributed by atoms with Gasteiger partial charge in [-0.1, -0.05) is 6.07 Å². The smallest absolute Gasteiger partial charge is 0.166 e. The number of hydrogen-bond donors (Lipinski definition) is 2. The summed E-state index contributed by atoms with van der Waals surface area (Å²) in [6.07, 6.45) is 3.84. The van der Waals surface area contributed by atoms with Crippen LogP contribution in [0, 0.1) is 0 Å². The third-order valence-corrected chi connectivity index (χ3v) is 7.13. The Hall–Kier alpha value is -2.05. The average Bonchev–Trinajstić information content (AvgIpc) is 3.09. The normalized spacial score (nSPS) is 37.4. The van der Waals surface area contributed by atoms with Crippen molar-refractivity contribution < 1.29 is 14.9 Å². The van der Waals surface area contributed by atoms with Crippen LogP contribution < -0.4 is 4.74 Å². The van der Waals surface area contributed by atoms with Crippen LogP contribution in [0.25, 0.3) is 0 Å². The van der Waals surface area contributed by atoms with Crippen LogP contribution in [0.5, 0.6) is 11.5 Å². The van der Waals surface area contributed by atoms with E-state index in [-0.39, 0.29) is 17.9 Å². The number of ether oxygens (including phenoxy) is 1. The zero-order chi connectivity index (χ0) is 17.1. The Kier molecular flexibility index (Phi) is 2.28. The summed E-state index contributed by atoms with van der Waals surface area (Å²) >= 11 is 0. The van der Waals surface area contributed by atoms with Crippen LogP contribution in [0.3, 0.4) is 0 Å². The lowest BCUT2D eigenvalue weighted by Gasteiger charge is -2.61. The quantitative estimate of drug-likeness (QED) is 0.751. The maximum Gasteiger partial charge on any atom is 0.166 e. The minimum absolute atomic E-state index is 0.0451. The van der Waals surface area contributed by atoms with E-state index in [0.29, 0.717) is 12.2 Å². The Labute approximate surface area is 145 Å². The van der Waals surface area contributed by atoms with Gasteiger partial charge in [-0.3, -0.25) is 4.68 Å². The van der Waals surface area contributed by atoms with Crippen molar-refractivity contribution in [1.82, 2.24) is 14.7 Å². The molecule has 2 aromatic rings. The molecule has 0 saturated carbocycles. The Morgan fingerprint density at radius 2 is 2.12 bits per heavy atom. The van der Waals surface area contributed by atoms with E-state index in [1.165, 1.54) is 5.56 Å². The van der Waals surface area contributed by atoms with Crippen molar-refractivity contribution in [1.29, 1.82) is 0 Å². The van der Waals surface area contributed by atoms with Crippen molar-refractivity contribution in [3.05, 3.63) is 40.7 Å². The van der Waals surface area contributed by atoms with Crippen LogP contribution in [-0.2, 0) is 25.3 Å². The maximum atomic E-state index is 12.1. The summed E-state index contributed by atoms with van der Waals surface area (Å²) in [7, 11) is 4.01. The van der Waals surface area contributed by atoms with E-state index >= 15 is 0 Å². The van der Waals surface area contributed by atoms with Crippen LogP contribution in [0.2, 0.25) is 0 Å². The summed E-state index contributed by atoms with van der Waals surface area (Å²) in [6, 6.07) is 3.77. The molecule has 2 aliphatic heterocycles. The molecule has 25 heavy (non-hydrogen) atoms. The first kappa shape index (κ1) is 14.2. The molecule has 2 aliphatic carbocycles. The fourth-order valence-corrected chi connectivity index (χ4v) is 6.13. The molecule has 1 saturated heterocycles. The van der Waals surface area contributed by atoms with Gasteiger partial charge in [-0.2, -0.15) is 5.10 Å². The number of phenols is 1. The molecule has 4 atom stereocenters. The topological polar surface area (TPSA) is 70.8 Å². The second-order valence-corrected chi connectivity index (χ2v) is 8.18. The molecule has 2 bridgehead atoms. The summed E-state index contributed by atoms with van der Waals surface area (Å²) in [5.41, 5.74) is 2.76. The monoisotopic (exact) mass is 339 g/mol. The van der Waals surface area contributed by atoms with Gasteiger partial charge < -0.3 is 19.8 Å². The first-order valence-corrected chi connectivity index (χ1v) is 8.93. The molecule has 3 heterocycles. The molecule has 6 rings (SSSR count). The van der Waals surface area contributed by atoms with E-state index in [4.69, 9.17) is 4.74 Å². The highest BCUT2D eigenvalue weighted by molar-refractivity contribution is 5.64. The van der Waals surface area contributed by atoms with Gasteiger partial charge in [-0.15, -0.1) is 0 Å². The summed E-state index contributed by atoms with van der Waals surface area (Å²) in [4.78, 5) is 2.29. The second-order valence-electron chi connectivity index (χ2n) is 8.18. The molecule has 0 radical (unpaired) electrons. The van der Waals surface area contributed by atoms with Crippen LogP contribution in [0.4, 0.5) is 0 Å². The predicted molar refractivity (Wildman–Crippen MR) is 89.8 cm³/mol. The summed E-state index contributed by atoms with van der Waals surface area (Å²) in [6.45, 7) is 0.906. The molecular formula is C19H21N3O3. The minimum atomic E-state index is -0.910. The van der Waals surface area contributed by atoms with Gasteiger partial charge >= 0.3 is 0 Å². The Morgan fingerprint density at radius 3 is 2.96 bits per heavy atom. The SMILES string of the molecule is CN1CCC23c4c5ccc(O)c4OC2c2nn(C)cc2CC3(O)C1C5. The van der Waals surface area contributed by atoms with E-state index in [9.17, 15) is 10.2 Å². The molecular weight excluding hydrogens is 318 g/mol. The van der Waals surface area contributed by atoms with Crippen molar-refractivity contribution in [2.24, 2.45) is 7.05 Å². The molecule has 6 nitrogen and oxygen atoms in total. The minimum Gasteiger partial charge on any atom is -0.504 e. The number of aliphatic hydroxyl groups is 1. The molecule has 1 fully saturated rings. The molecule has 1 aromatic heterocycles.